The van der Waals surface area contributed by atoms with Gasteiger partial charge in [-0.05, 0) is 12.0 Å². The van der Waals surface area contributed by atoms with Crippen LogP contribution >= 0.6 is 24.0 Å². The average Bonchev–Trinajstić information content (AvgIpc) is 2.46. The zero-order valence-electron chi connectivity index (χ0n) is 11.0. The molecule has 0 spiro atoms. The van der Waals surface area contributed by atoms with E-state index in [0.29, 0.717) is 10.6 Å². The molecule has 0 heterocycles. The highest BCUT2D eigenvalue weighted by Gasteiger charge is 2.14. The average molecular weight is 295 g/mol. The largest absolute Gasteiger partial charge is 0.481 e. The third-order valence-corrected chi connectivity index (χ3v) is 3.62. The van der Waals surface area contributed by atoms with Crippen LogP contribution < -0.4 is 0 Å². The normalized spacial score (nSPS) is 10.6. The fraction of sp³-hybridized carbons (Fsp3) is 0.357. The van der Waals surface area contributed by atoms with Crippen molar-refractivity contribution in [2.24, 2.45) is 0 Å². The summed E-state index contributed by atoms with van der Waals surface area (Å²) in [6.07, 6.45) is 0.298. The number of nitriles is 1. The van der Waals surface area contributed by atoms with Gasteiger partial charge in [0.2, 0.25) is 0 Å². The lowest BCUT2D eigenvalue weighted by Gasteiger charge is -2.08. The zero-order chi connectivity index (χ0) is 14.7. The second-order valence-corrected chi connectivity index (χ2v) is 5.20. The molecule has 0 aromatic heterocycles. The van der Waals surface area contributed by atoms with Gasteiger partial charge in [-0.1, -0.05) is 68.2 Å². The van der Waals surface area contributed by atoms with Crippen LogP contribution in [0.25, 0.3) is 0 Å². The van der Waals surface area contributed by atoms with Crippen LogP contribution in [0.15, 0.2) is 30.3 Å². The van der Waals surface area contributed by atoms with Crippen molar-refractivity contribution in [3.8, 4) is 6.07 Å². The number of thioether (sulfide) groups is 1. The highest BCUT2D eigenvalue weighted by Crippen LogP contribution is 2.22. The van der Waals surface area contributed by atoms with Gasteiger partial charge in [-0.3, -0.25) is 4.79 Å². The van der Waals surface area contributed by atoms with Crippen LogP contribution in [0.4, 0.5) is 0 Å². The van der Waals surface area contributed by atoms with Gasteiger partial charge in [-0.25, -0.2) is 0 Å². The van der Waals surface area contributed by atoms with Gasteiger partial charge in [0.05, 0.1) is 15.5 Å². The molecule has 0 aliphatic rings. The van der Waals surface area contributed by atoms with Gasteiger partial charge in [-0.15, -0.1) is 0 Å². The number of aliphatic carboxylic acids is 1. The van der Waals surface area contributed by atoms with E-state index in [1.54, 1.807) is 0 Å². The SMILES string of the molecule is CC.N#CC(CCC(=O)O)SC(=S)c1ccccc1. The van der Waals surface area contributed by atoms with Gasteiger partial charge in [0.15, 0.2) is 0 Å². The topological polar surface area (TPSA) is 61.1 Å². The predicted octanol–water partition coefficient (Wildman–Crippen LogP) is 3.88. The van der Waals surface area contributed by atoms with Gasteiger partial charge in [0, 0.05) is 6.42 Å². The Morgan fingerprint density at radius 1 is 1.42 bits per heavy atom. The van der Waals surface area contributed by atoms with E-state index in [4.69, 9.17) is 22.6 Å². The van der Waals surface area contributed by atoms with Crippen LogP contribution in [0.2, 0.25) is 0 Å². The van der Waals surface area contributed by atoms with Crippen LogP contribution in [-0.4, -0.2) is 20.5 Å². The Kier molecular flexibility index (Phi) is 9.77. The molecule has 1 atom stereocenters. The van der Waals surface area contributed by atoms with E-state index < -0.39 is 11.2 Å². The molecule has 0 saturated heterocycles. The van der Waals surface area contributed by atoms with Gasteiger partial charge in [-0.2, -0.15) is 5.26 Å². The van der Waals surface area contributed by atoms with Crippen molar-refractivity contribution in [1.29, 1.82) is 5.26 Å². The van der Waals surface area contributed by atoms with E-state index in [1.807, 2.05) is 44.2 Å². The summed E-state index contributed by atoms with van der Waals surface area (Å²) in [7, 11) is 0. The Labute approximate surface area is 123 Å². The Morgan fingerprint density at radius 3 is 2.47 bits per heavy atom. The zero-order valence-corrected chi connectivity index (χ0v) is 12.6. The minimum absolute atomic E-state index is 0.0113. The number of hydrogen-bond donors (Lipinski definition) is 1. The van der Waals surface area contributed by atoms with Gasteiger partial charge in [0.25, 0.3) is 0 Å². The van der Waals surface area contributed by atoms with Crippen LogP contribution in [-0.2, 0) is 4.79 Å². The lowest BCUT2D eigenvalue weighted by Crippen LogP contribution is -2.07. The Morgan fingerprint density at radius 2 is 2.00 bits per heavy atom. The molecule has 1 rings (SSSR count). The summed E-state index contributed by atoms with van der Waals surface area (Å²) in [5, 5.41) is 17.1. The fourth-order valence-electron chi connectivity index (χ4n) is 1.18. The highest BCUT2D eigenvalue weighted by atomic mass is 32.2. The molecule has 0 aliphatic heterocycles. The molecule has 0 amide bonds. The first-order valence-electron chi connectivity index (χ1n) is 6.01. The second-order valence-electron chi connectivity index (χ2n) is 3.32. The van der Waals surface area contributed by atoms with E-state index in [9.17, 15) is 4.79 Å². The molecule has 1 aromatic carbocycles. The van der Waals surface area contributed by atoms with Crippen molar-refractivity contribution in [1.82, 2.24) is 0 Å². The number of benzene rings is 1. The van der Waals surface area contributed by atoms with Crippen molar-refractivity contribution in [2.75, 3.05) is 0 Å². The third kappa shape index (κ3) is 7.60. The van der Waals surface area contributed by atoms with Gasteiger partial charge >= 0.3 is 5.97 Å². The third-order valence-electron chi connectivity index (χ3n) is 2.02. The summed E-state index contributed by atoms with van der Waals surface area (Å²) in [4.78, 5) is 10.4. The number of carboxylic acids is 1. The number of rotatable bonds is 5. The molecular formula is C14H17NO2S2. The van der Waals surface area contributed by atoms with Crippen molar-refractivity contribution in [3.63, 3.8) is 0 Å². The molecule has 0 aliphatic carbocycles. The van der Waals surface area contributed by atoms with Crippen LogP contribution in [0.3, 0.4) is 0 Å². The number of hydrogen-bond acceptors (Lipinski definition) is 4. The molecule has 3 nitrogen and oxygen atoms in total. The predicted molar refractivity (Wildman–Crippen MR) is 83.4 cm³/mol. The monoisotopic (exact) mass is 295 g/mol. The Balaban J connectivity index is 0.00000154. The molecule has 19 heavy (non-hydrogen) atoms. The molecule has 0 saturated carbocycles. The summed E-state index contributed by atoms with van der Waals surface area (Å²) in [6.45, 7) is 4.00. The lowest BCUT2D eigenvalue weighted by atomic mass is 10.2. The summed E-state index contributed by atoms with van der Waals surface area (Å²) >= 11 is 6.45. The molecule has 102 valence electrons. The molecule has 5 heteroatoms. The summed E-state index contributed by atoms with van der Waals surface area (Å²) < 4.78 is 0.627. The van der Waals surface area contributed by atoms with Crippen molar-refractivity contribution in [2.45, 2.75) is 31.9 Å². The van der Waals surface area contributed by atoms with Gasteiger partial charge in [0.1, 0.15) is 0 Å². The molecule has 0 bridgehead atoms. The maximum atomic E-state index is 10.4. The Hall–Kier alpha value is -1.38. The standard InChI is InChI=1S/C12H11NO2S2.C2H6/c13-8-10(6-7-11(14)15)17-12(16)9-4-2-1-3-5-9;1-2/h1-5,10H,6-7H2,(H,14,15);1-2H3. The van der Waals surface area contributed by atoms with E-state index in [0.717, 1.165) is 5.56 Å². The number of thiocarbonyl (C=S) groups is 1. The first-order chi connectivity index (χ1) is 9.13. The quantitative estimate of drug-likeness (QED) is 0.835. The summed E-state index contributed by atoms with van der Waals surface area (Å²) in [6, 6.07) is 11.5. The smallest absolute Gasteiger partial charge is 0.303 e. The molecule has 1 aromatic rings. The van der Waals surface area contributed by atoms with Gasteiger partial charge < -0.3 is 5.11 Å². The van der Waals surface area contributed by atoms with E-state index in [-0.39, 0.29) is 6.42 Å². The van der Waals surface area contributed by atoms with Crippen molar-refractivity contribution in [3.05, 3.63) is 35.9 Å². The van der Waals surface area contributed by atoms with Crippen LogP contribution in [0.1, 0.15) is 32.3 Å². The number of nitrogens with zero attached hydrogens (tertiary/aromatic N) is 1. The fourth-order valence-corrected chi connectivity index (χ4v) is 2.48. The first kappa shape index (κ1) is 17.6. The maximum absolute atomic E-state index is 10.4. The number of carboxylic acid groups (broad SMARTS) is 1. The molecule has 1 N–H and O–H groups in total. The molecular weight excluding hydrogens is 278 g/mol. The first-order valence-corrected chi connectivity index (χ1v) is 7.29. The minimum atomic E-state index is -0.892. The molecule has 0 fully saturated rings. The summed E-state index contributed by atoms with van der Waals surface area (Å²) in [5.41, 5.74) is 0.892. The number of carbonyl (C=O) groups is 1. The lowest BCUT2D eigenvalue weighted by molar-refractivity contribution is -0.137. The van der Waals surface area contributed by atoms with E-state index in [1.165, 1.54) is 11.8 Å². The molecule has 0 radical (unpaired) electrons. The van der Waals surface area contributed by atoms with Crippen molar-refractivity contribution < 1.29 is 9.90 Å². The highest BCUT2D eigenvalue weighted by molar-refractivity contribution is 8.24. The summed E-state index contributed by atoms with van der Waals surface area (Å²) in [5.74, 6) is -0.892. The second kappa shape index (κ2) is 10.5. The van der Waals surface area contributed by atoms with E-state index in [2.05, 4.69) is 6.07 Å². The van der Waals surface area contributed by atoms with Crippen LogP contribution in [0.5, 0.6) is 0 Å². The minimum Gasteiger partial charge on any atom is -0.481 e. The molecule has 1 unspecified atom stereocenters. The van der Waals surface area contributed by atoms with Crippen molar-refractivity contribution >= 4 is 34.1 Å². The Bertz CT molecular complexity index is 441. The maximum Gasteiger partial charge on any atom is 0.303 e. The van der Waals surface area contributed by atoms with Crippen LogP contribution in [0, 0.1) is 11.3 Å². The van der Waals surface area contributed by atoms with E-state index >= 15 is 0 Å².